The van der Waals surface area contributed by atoms with E-state index in [1.165, 1.54) is 5.56 Å². The van der Waals surface area contributed by atoms with Crippen LogP contribution in [0.3, 0.4) is 0 Å². The van der Waals surface area contributed by atoms with Gasteiger partial charge in [-0.05, 0) is 49.7 Å². The Morgan fingerprint density at radius 3 is 2.67 bits per heavy atom. The number of benzene rings is 2. The molecule has 0 fully saturated rings. The van der Waals surface area contributed by atoms with Crippen LogP contribution in [0.5, 0.6) is 0 Å². The summed E-state index contributed by atoms with van der Waals surface area (Å²) in [5, 5.41) is 12.7. The zero-order valence-electron chi connectivity index (χ0n) is 12.0. The van der Waals surface area contributed by atoms with Crippen LogP contribution in [0.2, 0.25) is 5.02 Å². The van der Waals surface area contributed by atoms with Crippen LogP contribution in [-0.4, -0.2) is 17.6 Å². The smallest absolute Gasteiger partial charge is 0.172 e. The zero-order chi connectivity index (χ0) is 15.4. The number of anilines is 2. The summed E-state index contributed by atoms with van der Waals surface area (Å²) in [6.45, 7) is 4.81. The van der Waals surface area contributed by atoms with E-state index in [1.54, 1.807) is 12.1 Å². The second kappa shape index (κ2) is 6.50. The molecule has 0 saturated carbocycles. The quantitative estimate of drug-likeness (QED) is 0.390. The Morgan fingerprint density at radius 1 is 1.29 bits per heavy atom. The number of amidine groups is 1. The standard InChI is InChI=1S/C16H18ClN3O/c1-3-20(13-6-4-5-11(2)9-13)15-10-12(17)7-8-14(15)16(18)19-21/h4-10,21H,3H2,1-2H3,(H2,18,19). The van der Waals surface area contributed by atoms with Crippen molar-refractivity contribution in [1.82, 2.24) is 0 Å². The van der Waals surface area contributed by atoms with E-state index >= 15 is 0 Å². The highest BCUT2D eigenvalue weighted by Gasteiger charge is 2.15. The van der Waals surface area contributed by atoms with Crippen LogP contribution >= 0.6 is 11.6 Å². The van der Waals surface area contributed by atoms with Gasteiger partial charge in [0.2, 0.25) is 0 Å². The van der Waals surface area contributed by atoms with Gasteiger partial charge in [-0.25, -0.2) is 0 Å². The number of aryl methyl sites for hydroxylation is 1. The lowest BCUT2D eigenvalue weighted by molar-refractivity contribution is 0.318. The van der Waals surface area contributed by atoms with Gasteiger partial charge in [0.1, 0.15) is 0 Å². The Balaban J connectivity index is 2.59. The molecule has 0 bridgehead atoms. The Bertz CT molecular complexity index is 670. The molecule has 0 aliphatic carbocycles. The van der Waals surface area contributed by atoms with Crippen molar-refractivity contribution >= 4 is 28.8 Å². The maximum absolute atomic E-state index is 8.96. The number of halogens is 1. The molecular weight excluding hydrogens is 286 g/mol. The van der Waals surface area contributed by atoms with Crippen molar-refractivity contribution in [2.75, 3.05) is 11.4 Å². The number of hydrogen-bond donors (Lipinski definition) is 2. The lowest BCUT2D eigenvalue weighted by Gasteiger charge is -2.26. The molecular formula is C16H18ClN3O. The molecule has 0 saturated heterocycles. The largest absolute Gasteiger partial charge is 0.409 e. The monoisotopic (exact) mass is 303 g/mol. The molecule has 0 aliphatic heterocycles. The topological polar surface area (TPSA) is 61.8 Å². The molecule has 0 amide bonds. The van der Waals surface area contributed by atoms with Crippen molar-refractivity contribution < 1.29 is 5.21 Å². The summed E-state index contributed by atoms with van der Waals surface area (Å²) in [6.07, 6.45) is 0. The second-order valence-electron chi connectivity index (χ2n) is 4.73. The van der Waals surface area contributed by atoms with Crippen molar-refractivity contribution in [1.29, 1.82) is 0 Å². The summed E-state index contributed by atoms with van der Waals surface area (Å²) in [7, 11) is 0. The number of hydrogen-bond acceptors (Lipinski definition) is 3. The fraction of sp³-hybridized carbons (Fsp3) is 0.188. The molecule has 2 aromatic carbocycles. The Morgan fingerprint density at radius 2 is 2.05 bits per heavy atom. The lowest BCUT2D eigenvalue weighted by Crippen LogP contribution is -2.22. The molecule has 4 nitrogen and oxygen atoms in total. The van der Waals surface area contributed by atoms with E-state index in [0.717, 1.165) is 17.9 Å². The summed E-state index contributed by atoms with van der Waals surface area (Å²) in [4.78, 5) is 2.08. The van der Waals surface area contributed by atoms with Gasteiger partial charge in [0.25, 0.3) is 0 Å². The fourth-order valence-electron chi connectivity index (χ4n) is 2.29. The van der Waals surface area contributed by atoms with Crippen LogP contribution in [-0.2, 0) is 0 Å². The molecule has 0 spiro atoms. The zero-order valence-corrected chi connectivity index (χ0v) is 12.8. The van der Waals surface area contributed by atoms with Crippen LogP contribution in [0, 0.1) is 6.92 Å². The molecule has 0 heterocycles. The van der Waals surface area contributed by atoms with Crippen LogP contribution in [0.1, 0.15) is 18.1 Å². The van der Waals surface area contributed by atoms with E-state index in [9.17, 15) is 0 Å². The molecule has 3 N–H and O–H groups in total. The van der Waals surface area contributed by atoms with Gasteiger partial charge in [-0.2, -0.15) is 0 Å². The minimum atomic E-state index is 0.0627. The van der Waals surface area contributed by atoms with Crippen molar-refractivity contribution in [2.24, 2.45) is 10.9 Å². The van der Waals surface area contributed by atoms with Gasteiger partial charge >= 0.3 is 0 Å². The number of rotatable bonds is 4. The van der Waals surface area contributed by atoms with Gasteiger partial charge in [0.15, 0.2) is 5.84 Å². The van der Waals surface area contributed by atoms with E-state index in [0.29, 0.717) is 10.6 Å². The van der Waals surface area contributed by atoms with Gasteiger partial charge in [-0.3, -0.25) is 0 Å². The van der Waals surface area contributed by atoms with Crippen LogP contribution in [0.4, 0.5) is 11.4 Å². The fourth-order valence-corrected chi connectivity index (χ4v) is 2.45. The summed E-state index contributed by atoms with van der Waals surface area (Å²) >= 11 is 6.11. The maximum Gasteiger partial charge on any atom is 0.172 e. The van der Waals surface area contributed by atoms with Gasteiger partial charge in [-0.1, -0.05) is 28.9 Å². The number of oxime groups is 1. The molecule has 0 atom stereocenters. The SMILES string of the molecule is CCN(c1cccc(C)c1)c1cc(Cl)ccc1C(N)=NO. The first-order valence-corrected chi connectivity index (χ1v) is 7.06. The predicted octanol–water partition coefficient (Wildman–Crippen LogP) is 3.90. The molecule has 0 aromatic heterocycles. The first kappa shape index (κ1) is 15.2. The molecule has 0 aliphatic rings. The van der Waals surface area contributed by atoms with Crippen molar-refractivity contribution in [3.63, 3.8) is 0 Å². The molecule has 21 heavy (non-hydrogen) atoms. The van der Waals surface area contributed by atoms with Crippen molar-refractivity contribution in [3.05, 3.63) is 58.6 Å². The molecule has 2 aromatic rings. The van der Waals surface area contributed by atoms with Gasteiger partial charge < -0.3 is 15.8 Å². The maximum atomic E-state index is 8.96. The van der Waals surface area contributed by atoms with E-state index < -0.39 is 0 Å². The van der Waals surface area contributed by atoms with E-state index in [-0.39, 0.29) is 5.84 Å². The number of nitrogens with zero attached hydrogens (tertiary/aromatic N) is 2. The van der Waals surface area contributed by atoms with E-state index in [1.807, 2.05) is 38.1 Å². The summed E-state index contributed by atoms with van der Waals surface area (Å²) in [5.74, 6) is 0.0627. The second-order valence-corrected chi connectivity index (χ2v) is 5.17. The van der Waals surface area contributed by atoms with E-state index in [2.05, 4.69) is 16.1 Å². The highest BCUT2D eigenvalue weighted by molar-refractivity contribution is 6.31. The van der Waals surface area contributed by atoms with Crippen molar-refractivity contribution in [3.8, 4) is 0 Å². The average Bonchev–Trinajstić information content (AvgIpc) is 2.47. The lowest BCUT2D eigenvalue weighted by atomic mass is 10.1. The highest BCUT2D eigenvalue weighted by Crippen LogP contribution is 2.31. The first-order valence-electron chi connectivity index (χ1n) is 6.68. The minimum absolute atomic E-state index is 0.0627. The summed E-state index contributed by atoms with van der Waals surface area (Å²) in [5.41, 5.74) is 9.43. The van der Waals surface area contributed by atoms with Crippen LogP contribution in [0.15, 0.2) is 47.6 Å². The third kappa shape index (κ3) is 3.28. The Labute approximate surface area is 129 Å². The van der Waals surface area contributed by atoms with Crippen molar-refractivity contribution in [2.45, 2.75) is 13.8 Å². The van der Waals surface area contributed by atoms with Crippen LogP contribution < -0.4 is 10.6 Å². The third-order valence-electron chi connectivity index (χ3n) is 3.26. The number of nitrogens with two attached hydrogens (primary N) is 1. The molecule has 5 heteroatoms. The Kier molecular flexibility index (Phi) is 4.70. The Hall–Kier alpha value is -2.20. The molecule has 0 unspecified atom stereocenters. The molecule has 2 rings (SSSR count). The highest BCUT2D eigenvalue weighted by atomic mass is 35.5. The predicted molar refractivity (Wildman–Crippen MR) is 87.8 cm³/mol. The summed E-state index contributed by atoms with van der Waals surface area (Å²) in [6, 6.07) is 13.4. The van der Waals surface area contributed by atoms with E-state index in [4.69, 9.17) is 22.5 Å². The van der Waals surface area contributed by atoms with Gasteiger partial charge in [-0.15, -0.1) is 0 Å². The van der Waals surface area contributed by atoms with Gasteiger partial charge in [0, 0.05) is 22.8 Å². The van der Waals surface area contributed by atoms with Gasteiger partial charge in [0.05, 0.1) is 5.69 Å². The normalized spacial score (nSPS) is 11.5. The first-order chi connectivity index (χ1) is 10.1. The molecule has 0 radical (unpaired) electrons. The average molecular weight is 304 g/mol. The summed E-state index contributed by atoms with van der Waals surface area (Å²) < 4.78 is 0. The molecule has 110 valence electrons. The minimum Gasteiger partial charge on any atom is -0.409 e. The van der Waals surface area contributed by atoms with Crippen LogP contribution in [0.25, 0.3) is 0 Å². The third-order valence-corrected chi connectivity index (χ3v) is 3.50.